The Morgan fingerprint density at radius 3 is 2.26 bits per heavy atom. The van der Waals surface area contributed by atoms with Crippen molar-refractivity contribution in [2.45, 2.75) is 11.0 Å². The fraction of sp³-hybridized carbons (Fsp3) is 0.222. The minimum Gasteiger partial charge on any atom is -0.466 e. The molecular weight excluding hydrogens is 377 g/mol. The Bertz CT molecular complexity index is 944. The maximum absolute atomic E-state index is 14.1. The van der Waals surface area contributed by atoms with E-state index in [1.807, 2.05) is 0 Å². The molecule has 0 bridgehead atoms. The highest BCUT2D eigenvalue weighted by Crippen LogP contribution is 2.23. The summed E-state index contributed by atoms with van der Waals surface area (Å²) in [6.45, 7) is 0. The van der Waals surface area contributed by atoms with Crippen LogP contribution in [0.2, 0.25) is 0 Å². The lowest BCUT2D eigenvalue weighted by molar-refractivity contribution is -0.151. The third-order valence-corrected chi connectivity index (χ3v) is 5.49. The van der Waals surface area contributed by atoms with Crippen molar-refractivity contribution in [3.05, 3.63) is 65.5 Å². The Labute approximate surface area is 156 Å². The van der Waals surface area contributed by atoms with Gasteiger partial charge in [0.05, 0.1) is 17.6 Å². The lowest BCUT2D eigenvalue weighted by atomic mass is 10.1. The molecule has 0 heterocycles. The quantitative estimate of drug-likeness (QED) is 0.696. The molecule has 0 aromatic heterocycles. The molecule has 0 radical (unpaired) electrons. The zero-order valence-corrected chi connectivity index (χ0v) is 15.7. The van der Waals surface area contributed by atoms with E-state index in [-0.39, 0.29) is 4.90 Å². The second-order valence-electron chi connectivity index (χ2n) is 5.65. The zero-order chi connectivity index (χ0) is 20.2. The molecule has 2 rings (SSSR count). The van der Waals surface area contributed by atoms with Crippen molar-refractivity contribution in [3.63, 3.8) is 0 Å². The largest absolute Gasteiger partial charge is 0.466 e. The van der Waals surface area contributed by atoms with Crippen molar-refractivity contribution in [3.8, 4) is 0 Å². The van der Waals surface area contributed by atoms with Crippen LogP contribution in [-0.4, -0.2) is 45.9 Å². The lowest BCUT2D eigenvalue weighted by Crippen LogP contribution is -2.24. The monoisotopic (exact) mass is 395 g/mol. The molecule has 0 saturated heterocycles. The lowest BCUT2D eigenvalue weighted by Gasteiger charge is -2.17. The Balaban J connectivity index is 2.40. The van der Waals surface area contributed by atoms with E-state index < -0.39 is 39.4 Å². The first kappa shape index (κ1) is 20.5. The summed E-state index contributed by atoms with van der Waals surface area (Å²) in [6.07, 6.45) is -1.42. The Morgan fingerprint density at radius 2 is 1.70 bits per heavy atom. The predicted octanol–water partition coefficient (Wildman–Crippen LogP) is 2.15. The number of ether oxygens (including phenoxy) is 2. The van der Waals surface area contributed by atoms with Gasteiger partial charge in [-0.3, -0.25) is 0 Å². The Hall–Kier alpha value is -2.78. The molecule has 0 amide bonds. The second kappa shape index (κ2) is 8.28. The normalized spacial score (nSPS) is 12.5. The first-order valence-electron chi connectivity index (χ1n) is 7.74. The van der Waals surface area contributed by atoms with Gasteiger partial charge in [-0.2, -0.15) is 0 Å². The van der Waals surface area contributed by atoms with Crippen molar-refractivity contribution in [1.29, 1.82) is 0 Å². The Morgan fingerprint density at radius 1 is 1.07 bits per heavy atom. The molecule has 1 unspecified atom stereocenters. The van der Waals surface area contributed by atoms with Crippen LogP contribution >= 0.6 is 0 Å². The SMILES string of the molecule is COC(=O)C(OC(=O)c1cc(S(=O)(=O)N(C)C)ccc1F)c1ccccc1. The van der Waals surface area contributed by atoms with Gasteiger partial charge >= 0.3 is 11.9 Å². The molecule has 0 N–H and O–H groups in total. The summed E-state index contributed by atoms with van der Waals surface area (Å²) in [4.78, 5) is 24.1. The second-order valence-corrected chi connectivity index (χ2v) is 7.80. The van der Waals surface area contributed by atoms with Gasteiger partial charge in [-0.05, 0) is 18.2 Å². The average Bonchev–Trinajstić information content (AvgIpc) is 2.66. The number of rotatable bonds is 6. The number of benzene rings is 2. The minimum absolute atomic E-state index is 0.282. The highest BCUT2D eigenvalue weighted by Gasteiger charge is 2.29. The van der Waals surface area contributed by atoms with Gasteiger partial charge in [0.1, 0.15) is 5.82 Å². The van der Waals surface area contributed by atoms with E-state index in [0.717, 1.165) is 29.6 Å². The number of halogens is 1. The third-order valence-electron chi connectivity index (χ3n) is 3.68. The third kappa shape index (κ3) is 4.50. The summed E-state index contributed by atoms with van der Waals surface area (Å²) in [5, 5.41) is 0. The number of hydrogen-bond donors (Lipinski definition) is 0. The molecule has 0 spiro atoms. The molecule has 2 aromatic carbocycles. The zero-order valence-electron chi connectivity index (χ0n) is 14.9. The number of sulfonamides is 1. The minimum atomic E-state index is -3.88. The van der Waals surface area contributed by atoms with Crippen molar-refractivity contribution in [1.82, 2.24) is 4.31 Å². The molecule has 7 nitrogen and oxygen atoms in total. The van der Waals surface area contributed by atoms with Crippen LogP contribution in [0.5, 0.6) is 0 Å². The van der Waals surface area contributed by atoms with Crippen LogP contribution in [0.1, 0.15) is 22.0 Å². The van der Waals surface area contributed by atoms with Gasteiger partial charge in [0, 0.05) is 19.7 Å². The van der Waals surface area contributed by atoms with E-state index in [1.54, 1.807) is 18.2 Å². The highest BCUT2D eigenvalue weighted by atomic mass is 32.2. The van der Waals surface area contributed by atoms with Gasteiger partial charge in [0.15, 0.2) is 0 Å². The number of methoxy groups -OCH3 is 1. The molecule has 0 saturated carbocycles. The highest BCUT2D eigenvalue weighted by molar-refractivity contribution is 7.89. The van der Waals surface area contributed by atoms with Crippen molar-refractivity contribution < 1.29 is 31.9 Å². The summed E-state index contributed by atoms with van der Waals surface area (Å²) >= 11 is 0. The molecule has 27 heavy (non-hydrogen) atoms. The van der Waals surface area contributed by atoms with Crippen LogP contribution in [0.3, 0.4) is 0 Å². The number of nitrogens with zero attached hydrogens (tertiary/aromatic N) is 1. The molecule has 2 aromatic rings. The summed E-state index contributed by atoms with van der Waals surface area (Å²) in [6, 6.07) is 10.8. The molecule has 0 fully saturated rings. The van der Waals surface area contributed by atoms with E-state index in [2.05, 4.69) is 4.74 Å². The molecule has 0 aliphatic carbocycles. The van der Waals surface area contributed by atoms with Gasteiger partial charge in [0.25, 0.3) is 0 Å². The topological polar surface area (TPSA) is 90.0 Å². The molecule has 0 aliphatic rings. The van der Waals surface area contributed by atoms with E-state index in [1.165, 1.54) is 26.2 Å². The summed E-state index contributed by atoms with van der Waals surface area (Å²) < 4.78 is 49.2. The summed E-state index contributed by atoms with van der Waals surface area (Å²) in [5.41, 5.74) is -0.280. The maximum Gasteiger partial charge on any atom is 0.351 e. The number of hydrogen-bond acceptors (Lipinski definition) is 6. The fourth-order valence-electron chi connectivity index (χ4n) is 2.19. The fourth-order valence-corrected chi connectivity index (χ4v) is 3.12. The predicted molar refractivity (Wildman–Crippen MR) is 93.9 cm³/mol. The van der Waals surface area contributed by atoms with Gasteiger partial charge < -0.3 is 9.47 Å². The van der Waals surface area contributed by atoms with E-state index in [9.17, 15) is 22.4 Å². The van der Waals surface area contributed by atoms with Crippen molar-refractivity contribution >= 4 is 22.0 Å². The van der Waals surface area contributed by atoms with Crippen LogP contribution in [0.15, 0.2) is 53.4 Å². The van der Waals surface area contributed by atoms with Crippen LogP contribution in [0.4, 0.5) is 4.39 Å². The van der Waals surface area contributed by atoms with Crippen molar-refractivity contribution in [2.24, 2.45) is 0 Å². The first-order valence-corrected chi connectivity index (χ1v) is 9.18. The van der Waals surface area contributed by atoms with Crippen LogP contribution in [0, 0.1) is 5.82 Å². The smallest absolute Gasteiger partial charge is 0.351 e. The van der Waals surface area contributed by atoms with Gasteiger partial charge in [-0.25, -0.2) is 26.7 Å². The van der Waals surface area contributed by atoms with E-state index in [0.29, 0.717) is 5.56 Å². The summed E-state index contributed by atoms with van der Waals surface area (Å²) in [5.74, 6) is -3.02. The molecule has 1 atom stereocenters. The number of carbonyl (C=O) groups is 2. The van der Waals surface area contributed by atoms with Gasteiger partial charge in [-0.15, -0.1) is 0 Å². The molecule has 9 heteroatoms. The van der Waals surface area contributed by atoms with E-state index in [4.69, 9.17) is 4.74 Å². The molecular formula is C18H18FNO6S. The van der Waals surface area contributed by atoms with Crippen molar-refractivity contribution in [2.75, 3.05) is 21.2 Å². The average molecular weight is 395 g/mol. The molecule has 0 aliphatic heterocycles. The number of esters is 2. The van der Waals surface area contributed by atoms with Crippen LogP contribution < -0.4 is 0 Å². The maximum atomic E-state index is 14.1. The van der Waals surface area contributed by atoms with Crippen LogP contribution in [0.25, 0.3) is 0 Å². The van der Waals surface area contributed by atoms with Gasteiger partial charge in [-0.1, -0.05) is 30.3 Å². The molecule has 144 valence electrons. The van der Waals surface area contributed by atoms with Crippen LogP contribution in [-0.2, 0) is 24.3 Å². The first-order chi connectivity index (χ1) is 12.7. The standard InChI is InChI=1S/C18H18FNO6S/c1-20(2)27(23,24)13-9-10-15(19)14(11-13)17(21)26-16(18(22)25-3)12-7-5-4-6-8-12/h4-11,16H,1-3H3. The Kier molecular flexibility index (Phi) is 6.29. The number of carbonyl (C=O) groups excluding carboxylic acids is 2. The summed E-state index contributed by atoms with van der Waals surface area (Å²) in [7, 11) is -0.152. The van der Waals surface area contributed by atoms with E-state index >= 15 is 0 Å². The van der Waals surface area contributed by atoms with Gasteiger partial charge in [0.2, 0.25) is 16.1 Å².